The summed E-state index contributed by atoms with van der Waals surface area (Å²) in [6.45, 7) is 33.6. The smallest absolute Gasteiger partial charge is 0.699 e. The number of hydrogen-bond acceptors (Lipinski definition) is 1. The van der Waals surface area contributed by atoms with Gasteiger partial charge in [-0.1, -0.05) is 120 Å². The summed E-state index contributed by atoms with van der Waals surface area (Å²) in [5.74, 6) is 0. The van der Waals surface area contributed by atoms with Crippen LogP contribution >= 0.6 is 15.8 Å². The molecule has 0 aliphatic carbocycles. The van der Waals surface area contributed by atoms with Gasteiger partial charge in [0.2, 0.25) is 0 Å². The number of benzene rings is 1. The topological polar surface area (TPSA) is 41.1 Å². The van der Waals surface area contributed by atoms with Crippen molar-refractivity contribution in [3.05, 3.63) is 41.0 Å². The van der Waals surface area contributed by atoms with Crippen LogP contribution in [0.25, 0.3) is 10.7 Å². The predicted octanol–water partition coefficient (Wildman–Crippen LogP) is 10.1. The van der Waals surface area contributed by atoms with Gasteiger partial charge in [0.1, 0.15) is 0 Å². The predicted molar refractivity (Wildman–Crippen MR) is 167 cm³/mol. The molecule has 0 aliphatic heterocycles. The summed E-state index contributed by atoms with van der Waals surface area (Å²) in [6.07, 6.45) is 2.75. The minimum Gasteiger partial charge on any atom is -0.699 e. The monoisotopic (exact) mass is 584 g/mol. The van der Waals surface area contributed by atoms with Gasteiger partial charge in [-0.3, -0.25) is 0 Å². The summed E-state index contributed by atoms with van der Waals surface area (Å²) < 4.78 is 2.85. The molecule has 0 fully saturated rings. The van der Waals surface area contributed by atoms with E-state index < -0.39 is 8.40 Å². The molecule has 0 unspecified atom stereocenters. The molecule has 1 radical (unpaired) electrons. The molecule has 207 valence electrons. The molecule has 1 aromatic carbocycles. The van der Waals surface area contributed by atoms with Crippen molar-refractivity contribution in [2.24, 2.45) is 0 Å². The van der Waals surface area contributed by atoms with Crippen molar-refractivity contribution in [2.75, 3.05) is 25.4 Å². The second-order valence-electron chi connectivity index (χ2n) is 12.0. The summed E-state index contributed by atoms with van der Waals surface area (Å²) in [5.41, 5.74) is 10.9. The zero-order valence-electron chi connectivity index (χ0n) is 25.1. The molecule has 0 spiro atoms. The Bertz CT molecular complexity index is 609. The van der Waals surface area contributed by atoms with Crippen molar-refractivity contribution in [1.82, 2.24) is 4.57 Å². The normalized spacial score (nSPS) is 12.7. The largest absolute Gasteiger partial charge is 2.00 e. The molecular weight excluding hydrogens is 527 g/mol. The average Bonchev–Trinajstić information content (AvgIpc) is 2.64. The van der Waals surface area contributed by atoms with Gasteiger partial charge >= 0.3 is 16.8 Å². The van der Waals surface area contributed by atoms with Crippen LogP contribution in [0.3, 0.4) is 0 Å². The van der Waals surface area contributed by atoms with E-state index in [4.69, 9.17) is 10.7 Å². The van der Waals surface area contributed by atoms with Crippen molar-refractivity contribution in [1.29, 1.82) is 0 Å². The van der Waals surface area contributed by atoms with Crippen molar-refractivity contribution >= 4 is 29.9 Å². The molecule has 0 aliphatic rings. The Hall–Kier alpha value is 0.523. The Balaban J connectivity index is 0. The molecule has 3 nitrogen and oxygen atoms in total. The molecule has 0 atom stereocenters. The molecule has 0 saturated carbocycles. The number of rotatable bonds is 12. The fourth-order valence-corrected chi connectivity index (χ4v) is 13.6. The molecule has 1 aromatic rings. The summed E-state index contributed by atoms with van der Waals surface area (Å²) >= 11 is 0. The third-order valence-corrected chi connectivity index (χ3v) is 16.0. The van der Waals surface area contributed by atoms with Crippen LogP contribution in [0.2, 0.25) is 13.1 Å². The van der Waals surface area contributed by atoms with Gasteiger partial charge in [0.15, 0.2) is 0 Å². The molecule has 1 N–H and O–H groups in total. The Labute approximate surface area is 234 Å². The zero-order valence-corrected chi connectivity index (χ0v) is 29.0. The van der Waals surface area contributed by atoms with E-state index in [-0.39, 0.29) is 38.2 Å². The van der Waals surface area contributed by atoms with Gasteiger partial charge < -0.3 is 15.3 Å². The number of nitrogens with zero attached hydrogens (tertiary/aromatic N) is 2. The standard InChI is InChI=1S/C22H51N2P2Si.C6H6N.Co/c1-18(2)25(19(3)4)16-14-24(27(12,13)23-22(9,10)11)15-17-26(20(5)6)21(7)8;7-6-4-2-1-3-5-6;/h18-21H,14-17H2,1-13H3;1-5,7H;/q2*-1;+2. The van der Waals surface area contributed by atoms with Gasteiger partial charge in [0.05, 0.1) is 0 Å². The molecule has 0 bridgehead atoms. The third-order valence-electron chi connectivity index (χ3n) is 6.07. The van der Waals surface area contributed by atoms with E-state index in [0.29, 0.717) is 5.69 Å². The van der Waals surface area contributed by atoms with E-state index in [0.717, 1.165) is 22.6 Å². The maximum Gasteiger partial charge on any atom is 2.00 e. The molecular formula is C28H57CoN3P2Si. The summed E-state index contributed by atoms with van der Waals surface area (Å²) in [5, 5.41) is 0. The summed E-state index contributed by atoms with van der Waals surface area (Å²) in [4.78, 5) is 5.36. The van der Waals surface area contributed by atoms with Crippen molar-refractivity contribution in [3.8, 4) is 0 Å². The zero-order chi connectivity index (χ0) is 26.7. The first-order chi connectivity index (χ1) is 15.5. The van der Waals surface area contributed by atoms with Crippen molar-refractivity contribution in [3.63, 3.8) is 0 Å². The Kier molecular flexibility index (Phi) is 19.3. The van der Waals surface area contributed by atoms with Crippen LogP contribution in [0, 0.1) is 0 Å². The van der Waals surface area contributed by atoms with Gasteiger partial charge in [0.25, 0.3) is 0 Å². The van der Waals surface area contributed by atoms with Crippen LogP contribution in [0.5, 0.6) is 0 Å². The SMILES string of the molecule is CC(C)P(CCN(CCP(C(C)C)C(C)C)[Si](C)(C)[N-]C(C)(C)C)C(C)C.[Co+2].[NH-]c1ccccc1. The quantitative estimate of drug-likeness (QED) is 0.178. The maximum absolute atomic E-state index is 7.00. The summed E-state index contributed by atoms with van der Waals surface area (Å²) in [6, 6.07) is 9.10. The second-order valence-corrected chi connectivity index (χ2v) is 22.9. The number of nitrogens with one attached hydrogen (secondary N) is 1. The van der Waals surface area contributed by atoms with E-state index in [2.05, 4.69) is 93.8 Å². The maximum atomic E-state index is 7.00. The van der Waals surface area contributed by atoms with Crippen LogP contribution in [0.1, 0.15) is 76.2 Å². The minimum absolute atomic E-state index is 0. The van der Waals surface area contributed by atoms with Crippen LogP contribution in [-0.2, 0) is 16.8 Å². The van der Waals surface area contributed by atoms with Gasteiger partial charge in [-0.15, -0.1) is 27.1 Å². The van der Waals surface area contributed by atoms with Crippen LogP contribution < -0.4 is 0 Å². The van der Waals surface area contributed by atoms with Crippen LogP contribution in [-0.4, -0.2) is 66.6 Å². The number of hydrogen-bond donors (Lipinski definition) is 0. The van der Waals surface area contributed by atoms with Crippen molar-refractivity contribution < 1.29 is 16.8 Å². The molecule has 0 saturated heterocycles. The van der Waals surface area contributed by atoms with Crippen LogP contribution in [0.4, 0.5) is 5.69 Å². The fraction of sp³-hybridized carbons (Fsp3) is 0.786. The molecule has 7 heteroatoms. The van der Waals surface area contributed by atoms with Gasteiger partial charge in [-0.05, 0) is 48.0 Å². The van der Waals surface area contributed by atoms with E-state index in [9.17, 15) is 0 Å². The third kappa shape index (κ3) is 16.9. The van der Waals surface area contributed by atoms with E-state index >= 15 is 0 Å². The van der Waals surface area contributed by atoms with Crippen LogP contribution in [0.15, 0.2) is 30.3 Å². The van der Waals surface area contributed by atoms with E-state index in [1.165, 1.54) is 25.4 Å². The van der Waals surface area contributed by atoms with Crippen molar-refractivity contribution in [2.45, 2.75) is 117 Å². The summed E-state index contributed by atoms with van der Waals surface area (Å²) in [7, 11) is -1.56. The first-order valence-corrected chi connectivity index (χ1v) is 19.5. The average molecular weight is 585 g/mol. The second kappa shape index (κ2) is 17.9. The molecule has 0 aromatic heterocycles. The molecule has 35 heavy (non-hydrogen) atoms. The van der Waals surface area contributed by atoms with E-state index in [1.807, 2.05) is 18.2 Å². The Morgan fingerprint density at radius 3 is 1.34 bits per heavy atom. The minimum atomic E-state index is -1.76. The molecule has 0 heterocycles. The Morgan fingerprint density at radius 1 is 0.771 bits per heavy atom. The molecule has 0 amide bonds. The molecule has 1 rings (SSSR count). The first kappa shape index (κ1) is 37.7. The first-order valence-electron chi connectivity index (χ1n) is 13.2. The van der Waals surface area contributed by atoms with Gasteiger partial charge in [0, 0.05) is 8.40 Å². The fourth-order valence-electron chi connectivity index (χ4n) is 4.69. The van der Waals surface area contributed by atoms with Gasteiger partial charge in [-0.25, -0.2) is 0 Å². The van der Waals surface area contributed by atoms with E-state index in [1.54, 1.807) is 12.1 Å². The Morgan fingerprint density at radius 2 is 1.11 bits per heavy atom. The van der Waals surface area contributed by atoms with Gasteiger partial charge in [-0.2, -0.15) is 0 Å².